The zero-order valence-corrected chi connectivity index (χ0v) is 7.53. The van der Waals surface area contributed by atoms with E-state index in [0.717, 1.165) is 10.2 Å². The summed E-state index contributed by atoms with van der Waals surface area (Å²) >= 11 is 3.22. The second kappa shape index (κ2) is 3.40. The number of allylic oxidation sites excluding steroid dienone is 3. The van der Waals surface area contributed by atoms with Crippen molar-refractivity contribution >= 4 is 21.8 Å². The molecule has 0 heterocycles. The number of nitrogens with one attached hydrogen (secondary N) is 1. The van der Waals surface area contributed by atoms with Crippen LogP contribution in [0.15, 0.2) is 33.8 Å². The summed E-state index contributed by atoms with van der Waals surface area (Å²) in [7, 11) is 0. The van der Waals surface area contributed by atoms with E-state index in [1.165, 1.54) is 6.92 Å². The van der Waals surface area contributed by atoms with Crippen molar-refractivity contribution in [3.63, 3.8) is 0 Å². The van der Waals surface area contributed by atoms with Crippen LogP contribution in [0.1, 0.15) is 6.92 Å². The molecule has 1 aliphatic carbocycles. The highest BCUT2D eigenvalue weighted by molar-refractivity contribution is 9.11. The van der Waals surface area contributed by atoms with Gasteiger partial charge in [-0.1, -0.05) is 11.5 Å². The van der Waals surface area contributed by atoms with Crippen LogP contribution in [-0.2, 0) is 4.79 Å². The number of carbonyl (C=O) groups excluding carboxylic acids is 1. The largest absolute Gasteiger partial charge is 0.325 e. The Hall–Kier alpha value is -1.01. The van der Waals surface area contributed by atoms with Gasteiger partial charge >= 0.3 is 0 Å². The number of hydrogen-bond acceptors (Lipinski definition) is 1. The number of rotatable bonds is 1. The predicted octanol–water partition coefficient (Wildman–Crippen LogP) is 1.61. The van der Waals surface area contributed by atoms with Gasteiger partial charge in [0.1, 0.15) is 0 Å². The molecule has 1 aliphatic rings. The fraction of sp³-hybridized carbons (Fsp3) is 0.125. The normalized spacial score (nSPS) is 14.0. The third-order valence-corrected chi connectivity index (χ3v) is 1.69. The predicted molar refractivity (Wildman–Crippen MR) is 45.9 cm³/mol. The van der Waals surface area contributed by atoms with Gasteiger partial charge in [0.25, 0.3) is 0 Å². The molecule has 1 amide bonds. The van der Waals surface area contributed by atoms with E-state index in [4.69, 9.17) is 0 Å². The molecule has 56 valence electrons. The zero-order chi connectivity index (χ0) is 8.27. The van der Waals surface area contributed by atoms with Crippen molar-refractivity contribution in [1.82, 2.24) is 5.32 Å². The molecular weight excluding hydrogens is 206 g/mol. The molecule has 0 aliphatic heterocycles. The van der Waals surface area contributed by atoms with E-state index in [1.807, 2.05) is 0 Å². The van der Waals surface area contributed by atoms with E-state index in [-0.39, 0.29) is 5.91 Å². The van der Waals surface area contributed by atoms with Gasteiger partial charge in [-0.3, -0.25) is 4.79 Å². The first-order valence-electron chi connectivity index (χ1n) is 3.05. The van der Waals surface area contributed by atoms with Gasteiger partial charge in [0.05, 0.1) is 10.2 Å². The van der Waals surface area contributed by atoms with Gasteiger partial charge in [-0.05, 0) is 28.1 Å². The van der Waals surface area contributed by atoms with Crippen LogP contribution in [0.5, 0.6) is 0 Å². The molecule has 0 spiro atoms. The summed E-state index contributed by atoms with van der Waals surface area (Å²) in [5.41, 5.74) is 6.25. The summed E-state index contributed by atoms with van der Waals surface area (Å²) in [6, 6.07) is 0. The van der Waals surface area contributed by atoms with Crippen LogP contribution in [-0.4, -0.2) is 5.91 Å². The Balaban J connectivity index is 2.80. The zero-order valence-electron chi connectivity index (χ0n) is 5.94. The van der Waals surface area contributed by atoms with E-state index in [2.05, 4.69) is 32.7 Å². The van der Waals surface area contributed by atoms with Crippen molar-refractivity contribution in [1.29, 1.82) is 0 Å². The topological polar surface area (TPSA) is 29.1 Å². The van der Waals surface area contributed by atoms with Gasteiger partial charge in [0.2, 0.25) is 5.91 Å². The Morgan fingerprint density at radius 2 is 2.45 bits per heavy atom. The highest BCUT2D eigenvalue weighted by atomic mass is 79.9. The van der Waals surface area contributed by atoms with Crippen LogP contribution in [0.2, 0.25) is 0 Å². The minimum Gasteiger partial charge on any atom is -0.325 e. The molecule has 0 aromatic carbocycles. The monoisotopic (exact) mass is 211 g/mol. The van der Waals surface area contributed by atoms with E-state index in [1.54, 1.807) is 12.2 Å². The Kier molecular flexibility index (Phi) is 2.50. The average molecular weight is 212 g/mol. The third-order valence-electron chi connectivity index (χ3n) is 1.06. The SMILES string of the molecule is CC(=O)NC1=CC=C=C=C1Br. The molecule has 1 rings (SSSR count). The molecule has 0 atom stereocenters. The smallest absolute Gasteiger partial charge is 0.221 e. The Morgan fingerprint density at radius 3 is 3.00 bits per heavy atom. The summed E-state index contributed by atoms with van der Waals surface area (Å²) < 4.78 is 0.718. The van der Waals surface area contributed by atoms with E-state index in [0.29, 0.717) is 0 Å². The molecule has 0 fully saturated rings. The minimum absolute atomic E-state index is 0.0923. The lowest BCUT2D eigenvalue weighted by Crippen LogP contribution is -2.19. The van der Waals surface area contributed by atoms with Crippen LogP contribution in [0.4, 0.5) is 0 Å². The lowest BCUT2D eigenvalue weighted by atomic mass is 10.3. The molecule has 0 saturated heterocycles. The van der Waals surface area contributed by atoms with Crippen molar-refractivity contribution in [2.75, 3.05) is 0 Å². The first kappa shape index (κ1) is 8.09. The maximum absolute atomic E-state index is 10.6. The van der Waals surface area contributed by atoms with Crippen molar-refractivity contribution in [2.24, 2.45) is 0 Å². The molecular formula is C8H6BrNO. The molecule has 0 unspecified atom stereocenters. The molecule has 1 N–H and O–H groups in total. The molecule has 0 saturated carbocycles. The summed E-state index contributed by atoms with van der Waals surface area (Å²) in [6.45, 7) is 1.46. The first-order valence-corrected chi connectivity index (χ1v) is 3.85. The quantitative estimate of drug-likeness (QED) is 0.657. The molecule has 11 heavy (non-hydrogen) atoms. The lowest BCUT2D eigenvalue weighted by Gasteiger charge is -2.04. The number of carbonyl (C=O) groups is 1. The average Bonchev–Trinajstić information content (AvgIpc) is 1.93. The number of hydrogen-bond donors (Lipinski definition) is 1. The number of amides is 1. The Labute approximate surface area is 73.1 Å². The second-order valence-electron chi connectivity index (χ2n) is 2.01. The summed E-state index contributed by atoms with van der Waals surface area (Å²) in [5.74, 6) is -0.0923. The van der Waals surface area contributed by atoms with Crippen molar-refractivity contribution in [3.05, 3.63) is 33.8 Å². The maximum Gasteiger partial charge on any atom is 0.221 e. The van der Waals surface area contributed by atoms with E-state index in [9.17, 15) is 4.79 Å². The van der Waals surface area contributed by atoms with Crippen LogP contribution in [0.3, 0.4) is 0 Å². The summed E-state index contributed by atoms with van der Waals surface area (Å²) in [5, 5.41) is 2.64. The van der Waals surface area contributed by atoms with Crippen LogP contribution in [0, 0.1) is 0 Å². The third kappa shape index (κ3) is 2.24. The fourth-order valence-electron chi connectivity index (χ4n) is 0.657. The van der Waals surface area contributed by atoms with Gasteiger partial charge in [-0.25, -0.2) is 0 Å². The molecule has 3 heteroatoms. The van der Waals surface area contributed by atoms with Crippen LogP contribution >= 0.6 is 15.9 Å². The first-order chi connectivity index (χ1) is 5.20. The number of halogens is 1. The molecule has 0 aromatic heterocycles. The van der Waals surface area contributed by atoms with Gasteiger partial charge in [0, 0.05) is 6.92 Å². The Bertz CT molecular complexity index is 315. The van der Waals surface area contributed by atoms with Crippen molar-refractivity contribution in [3.8, 4) is 0 Å². The van der Waals surface area contributed by atoms with Crippen molar-refractivity contribution in [2.45, 2.75) is 6.92 Å². The fourth-order valence-corrected chi connectivity index (χ4v) is 1.00. The lowest BCUT2D eigenvalue weighted by molar-refractivity contribution is -0.118. The molecule has 0 radical (unpaired) electrons. The van der Waals surface area contributed by atoms with Gasteiger partial charge in [-0.2, -0.15) is 0 Å². The summed E-state index contributed by atoms with van der Waals surface area (Å²) in [6.07, 6.45) is 3.44. The molecule has 0 aromatic rings. The second-order valence-corrected chi connectivity index (χ2v) is 2.80. The molecule has 2 nitrogen and oxygen atoms in total. The van der Waals surface area contributed by atoms with Crippen molar-refractivity contribution < 1.29 is 4.79 Å². The summed E-state index contributed by atoms with van der Waals surface area (Å²) in [4.78, 5) is 10.6. The van der Waals surface area contributed by atoms with Gasteiger partial charge in [-0.15, -0.1) is 0 Å². The van der Waals surface area contributed by atoms with Gasteiger partial charge < -0.3 is 5.32 Å². The van der Waals surface area contributed by atoms with Crippen LogP contribution in [0.25, 0.3) is 0 Å². The standard InChI is InChI=1S/C8H6BrNO/c1-6(11)10-8-5-3-2-4-7(8)9/h3,5H,1H3,(H,10,11). The van der Waals surface area contributed by atoms with E-state index < -0.39 is 0 Å². The van der Waals surface area contributed by atoms with Gasteiger partial charge in [0.15, 0.2) is 0 Å². The maximum atomic E-state index is 10.6. The highest BCUT2D eigenvalue weighted by Crippen LogP contribution is 2.14. The van der Waals surface area contributed by atoms with Crippen LogP contribution < -0.4 is 5.32 Å². The van der Waals surface area contributed by atoms with E-state index >= 15 is 0 Å². The molecule has 0 bridgehead atoms. The minimum atomic E-state index is -0.0923. The Morgan fingerprint density at radius 1 is 1.73 bits per heavy atom. The highest BCUT2D eigenvalue weighted by Gasteiger charge is 2.02.